The number of hydrogen-bond donors (Lipinski definition) is 0. The number of nitrogens with zero attached hydrogens (tertiary/aromatic N) is 4. The lowest BCUT2D eigenvalue weighted by molar-refractivity contribution is 0.565. The van der Waals surface area contributed by atoms with Gasteiger partial charge in [-0.2, -0.15) is 0 Å². The van der Waals surface area contributed by atoms with Crippen LogP contribution in [0.3, 0.4) is 0 Å². The van der Waals surface area contributed by atoms with Crippen LogP contribution in [0.1, 0.15) is 43.0 Å². The van der Waals surface area contributed by atoms with E-state index in [0.717, 1.165) is 32.9 Å². The molecule has 0 saturated carbocycles. The van der Waals surface area contributed by atoms with E-state index in [2.05, 4.69) is 67.4 Å². The second kappa shape index (κ2) is 11.0. The van der Waals surface area contributed by atoms with Crippen molar-refractivity contribution in [2.24, 2.45) is 7.05 Å². The predicted molar refractivity (Wildman–Crippen MR) is 148 cm³/mol. The predicted octanol–water partition coefficient (Wildman–Crippen LogP) is 6.55. The number of rotatable bonds is 3. The average molecular weight is 459 g/mol. The number of aromatic nitrogens is 3. The Hall–Kier alpha value is -3.60. The van der Waals surface area contributed by atoms with Crippen molar-refractivity contribution in [3.8, 4) is 5.82 Å². The van der Waals surface area contributed by atoms with Crippen molar-refractivity contribution in [1.29, 1.82) is 0 Å². The molecule has 0 spiro atoms. The summed E-state index contributed by atoms with van der Waals surface area (Å²) in [5.41, 5.74) is 7.36. The first-order chi connectivity index (χ1) is 16.2. The van der Waals surface area contributed by atoms with E-state index < -0.39 is 0 Å². The zero-order chi connectivity index (χ0) is 25.7. The van der Waals surface area contributed by atoms with E-state index in [-0.39, 0.29) is 5.69 Å². The second-order valence-corrected chi connectivity index (χ2v) is 8.43. The SMILES string of the molecule is C/C(=C\N(C)C)c1cc2c(ccc3c2n(-c2ncc(C)cc2C)c(=O)n3C)cc1C.C=C.CC. The van der Waals surface area contributed by atoms with Crippen LogP contribution >= 0.6 is 0 Å². The molecule has 0 bridgehead atoms. The van der Waals surface area contributed by atoms with Gasteiger partial charge in [-0.15, -0.1) is 13.2 Å². The summed E-state index contributed by atoms with van der Waals surface area (Å²) in [6.45, 7) is 18.3. The van der Waals surface area contributed by atoms with Crippen LogP contribution in [0.4, 0.5) is 0 Å². The topological polar surface area (TPSA) is 43.1 Å². The van der Waals surface area contributed by atoms with Crippen molar-refractivity contribution in [3.63, 3.8) is 0 Å². The minimum atomic E-state index is -0.0837. The Bertz CT molecular complexity index is 1400. The molecular weight excluding hydrogens is 420 g/mol. The van der Waals surface area contributed by atoms with Crippen LogP contribution in [0.2, 0.25) is 0 Å². The quantitative estimate of drug-likeness (QED) is 0.327. The molecule has 0 radical (unpaired) electrons. The van der Waals surface area contributed by atoms with Gasteiger partial charge in [-0.3, -0.25) is 4.57 Å². The second-order valence-electron chi connectivity index (χ2n) is 8.43. The fraction of sp³-hybridized carbons (Fsp3) is 0.310. The molecule has 2 aromatic heterocycles. The maximum Gasteiger partial charge on any atom is 0.334 e. The summed E-state index contributed by atoms with van der Waals surface area (Å²) in [4.78, 5) is 19.9. The first kappa shape index (κ1) is 26.7. The Labute approximate surface area is 203 Å². The third kappa shape index (κ3) is 4.84. The number of pyridine rings is 1. The Balaban J connectivity index is 0.000000970. The number of aryl methyl sites for hydroxylation is 4. The summed E-state index contributed by atoms with van der Waals surface area (Å²) >= 11 is 0. The molecule has 0 aliphatic carbocycles. The zero-order valence-corrected chi connectivity index (χ0v) is 22.2. The van der Waals surface area contributed by atoms with E-state index in [4.69, 9.17) is 0 Å². The van der Waals surface area contributed by atoms with Gasteiger partial charge in [-0.05, 0) is 73.0 Å². The maximum absolute atomic E-state index is 13.3. The fourth-order valence-electron chi connectivity index (χ4n) is 4.33. The van der Waals surface area contributed by atoms with Gasteiger partial charge in [0.2, 0.25) is 0 Å². The fourth-order valence-corrected chi connectivity index (χ4v) is 4.33. The third-order valence-corrected chi connectivity index (χ3v) is 5.65. The first-order valence-corrected chi connectivity index (χ1v) is 11.6. The molecule has 0 aliphatic heterocycles. The van der Waals surface area contributed by atoms with Gasteiger partial charge in [0.05, 0.1) is 11.0 Å². The molecular formula is C29H38N4O. The van der Waals surface area contributed by atoms with Gasteiger partial charge >= 0.3 is 5.69 Å². The zero-order valence-electron chi connectivity index (χ0n) is 22.2. The molecule has 0 unspecified atom stereocenters. The summed E-state index contributed by atoms with van der Waals surface area (Å²) in [6.07, 6.45) is 3.94. The molecule has 4 aromatic rings. The Morgan fingerprint density at radius 3 is 2.26 bits per heavy atom. The van der Waals surface area contributed by atoms with Crippen LogP contribution in [0.5, 0.6) is 0 Å². The van der Waals surface area contributed by atoms with Crippen molar-refractivity contribution in [2.45, 2.75) is 41.5 Å². The monoisotopic (exact) mass is 458 g/mol. The number of imidazole rings is 1. The number of allylic oxidation sites excluding steroid dienone is 1. The van der Waals surface area contributed by atoms with Crippen molar-refractivity contribution in [1.82, 2.24) is 19.0 Å². The molecule has 5 heteroatoms. The van der Waals surface area contributed by atoms with E-state index in [1.54, 1.807) is 9.13 Å². The minimum absolute atomic E-state index is 0.0837. The third-order valence-electron chi connectivity index (χ3n) is 5.65. The summed E-state index contributed by atoms with van der Waals surface area (Å²) < 4.78 is 3.47. The van der Waals surface area contributed by atoms with Crippen LogP contribution in [0.15, 0.2) is 60.7 Å². The summed E-state index contributed by atoms with van der Waals surface area (Å²) in [5.74, 6) is 0.686. The molecule has 0 aliphatic rings. The van der Waals surface area contributed by atoms with Gasteiger partial charge in [0.15, 0.2) is 0 Å². The molecule has 0 N–H and O–H groups in total. The van der Waals surface area contributed by atoms with E-state index in [1.807, 2.05) is 61.1 Å². The molecule has 0 atom stereocenters. The molecule has 0 amide bonds. The number of fused-ring (bicyclic) bond motifs is 3. The molecule has 2 heterocycles. The molecule has 2 aromatic carbocycles. The maximum atomic E-state index is 13.3. The Morgan fingerprint density at radius 1 is 1.03 bits per heavy atom. The lowest BCUT2D eigenvalue weighted by atomic mass is 9.96. The molecule has 4 rings (SSSR count). The summed E-state index contributed by atoms with van der Waals surface area (Å²) in [6, 6.07) is 10.6. The van der Waals surface area contributed by atoms with Crippen LogP contribution in [-0.4, -0.2) is 33.1 Å². The standard InChI is InChI=1S/C25H28N4O.C2H6.C2H4/c1-15-10-17(3)24(26-13-15)29-23-21-12-20(18(4)14-27(5)6)16(2)11-19(21)8-9-22(23)28(7)25(29)30;2*1-2/h8-14H,1-7H3;1-2H3;1-2H2/b18-14+;;. The lowest BCUT2D eigenvalue weighted by Crippen LogP contribution is -2.22. The van der Waals surface area contributed by atoms with Crippen LogP contribution in [0, 0.1) is 20.8 Å². The van der Waals surface area contributed by atoms with Gasteiger partial charge in [-0.1, -0.05) is 32.0 Å². The highest BCUT2D eigenvalue weighted by atomic mass is 16.1. The molecule has 0 saturated heterocycles. The molecule has 5 nitrogen and oxygen atoms in total. The minimum Gasteiger partial charge on any atom is -0.383 e. The normalized spacial score (nSPS) is 11.0. The first-order valence-electron chi connectivity index (χ1n) is 11.6. The lowest BCUT2D eigenvalue weighted by Gasteiger charge is -2.14. The van der Waals surface area contributed by atoms with E-state index in [1.165, 1.54) is 16.7 Å². The van der Waals surface area contributed by atoms with Crippen molar-refractivity contribution < 1.29 is 0 Å². The van der Waals surface area contributed by atoms with Gasteiger partial charge in [0.25, 0.3) is 0 Å². The highest BCUT2D eigenvalue weighted by Gasteiger charge is 2.18. The van der Waals surface area contributed by atoms with Gasteiger partial charge < -0.3 is 4.90 Å². The molecule has 0 fully saturated rings. The summed E-state index contributed by atoms with van der Waals surface area (Å²) in [7, 11) is 5.88. The van der Waals surface area contributed by atoms with Crippen LogP contribution in [-0.2, 0) is 7.05 Å². The smallest absolute Gasteiger partial charge is 0.334 e. The van der Waals surface area contributed by atoms with Gasteiger partial charge in [-0.25, -0.2) is 14.3 Å². The average Bonchev–Trinajstić information content (AvgIpc) is 3.06. The van der Waals surface area contributed by atoms with Crippen LogP contribution < -0.4 is 5.69 Å². The van der Waals surface area contributed by atoms with E-state index in [9.17, 15) is 4.79 Å². The summed E-state index contributed by atoms with van der Waals surface area (Å²) in [5, 5.41) is 2.17. The van der Waals surface area contributed by atoms with Gasteiger partial charge in [0, 0.05) is 38.9 Å². The molecule has 180 valence electrons. The number of benzene rings is 2. The van der Waals surface area contributed by atoms with Crippen LogP contribution in [0.25, 0.3) is 33.2 Å². The Kier molecular flexibility index (Phi) is 8.63. The van der Waals surface area contributed by atoms with E-state index >= 15 is 0 Å². The van der Waals surface area contributed by atoms with Gasteiger partial charge in [0.1, 0.15) is 5.82 Å². The molecule has 34 heavy (non-hydrogen) atoms. The van der Waals surface area contributed by atoms with Crippen molar-refractivity contribution in [3.05, 3.63) is 88.6 Å². The van der Waals surface area contributed by atoms with Crippen molar-refractivity contribution in [2.75, 3.05) is 14.1 Å². The van der Waals surface area contributed by atoms with Crippen molar-refractivity contribution >= 4 is 27.4 Å². The number of hydrogen-bond acceptors (Lipinski definition) is 3. The Morgan fingerprint density at radius 2 is 1.68 bits per heavy atom. The largest absolute Gasteiger partial charge is 0.383 e. The highest BCUT2D eigenvalue weighted by molar-refractivity contribution is 6.06. The van der Waals surface area contributed by atoms with E-state index in [0.29, 0.717) is 5.82 Å². The highest BCUT2D eigenvalue weighted by Crippen LogP contribution is 2.31.